The van der Waals surface area contributed by atoms with E-state index in [4.69, 9.17) is 9.47 Å². The molecule has 2 rings (SSSR count). The molecule has 1 saturated carbocycles. The number of hydrogen-bond donors (Lipinski definition) is 0. The summed E-state index contributed by atoms with van der Waals surface area (Å²) in [4.78, 5) is 14.1. The van der Waals surface area contributed by atoms with Crippen molar-refractivity contribution in [1.82, 2.24) is 4.90 Å². The van der Waals surface area contributed by atoms with Gasteiger partial charge in [0.05, 0.1) is 18.3 Å². The van der Waals surface area contributed by atoms with E-state index in [2.05, 4.69) is 0 Å². The Morgan fingerprint density at radius 1 is 1.45 bits per heavy atom. The van der Waals surface area contributed by atoms with E-state index in [9.17, 15) is 13.6 Å². The van der Waals surface area contributed by atoms with Gasteiger partial charge >= 0.3 is 0 Å². The van der Waals surface area contributed by atoms with Crippen molar-refractivity contribution in [1.29, 1.82) is 0 Å². The lowest BCUT2D eigenvalue weighted by Crippen LogP contribution is -2.56. The van der Waals surface area contributed by atoms with Crippen LogP contribution in [0.25, 0.3) is 0 Å². The molecule has 0 radical (unpaired) electrons. The molecule has 4 nitrogen and oxygen atoms in total. The molecule has 0 bridgehead atoms. The lowest BCUT2D eigenvalue weighted by atomic mass is 10.0. The summed E-state index contributed by atoms with van der Waals surface area (Å²) in [6, 6.07) is 0. The number of rotatable bonds is 4. The summed E-state index contributed by atoms with van der Waals surface area (Å²) >= 11 is 0. The molecule has 1 heterocycles. The van der Waals surface area contributed by atoms with Crippen LogP contribution in [-0.4, -0.2) is 55.7 Å². The normalized spacial score (nSPS) is 36.2. The maximum Gasteiger partial charge on any atom is 0.244 e. The minimum absolute atomic E-state index is 0.176. The third-order valence-electron chi connectivity index (χ3n) is 4.22. The van der Waals surface area contributed by atoms with Crippen LogP contribution < -0.4 is 0 Å². The number of halogens is 2. The zero-order valence-corrected chi connectivity index (χ0v) is 12.5. The maximum atomic E-state index is 12.9. The number of hydrogen-bond acceptors (Lipinski definition) is 3. The van der Waals surface area contributed by atoms with E-state index in [1.54, 1.807) is 12.0 Å². The summed E-state index contributed by atoms with van der Waals surface area (Å²) in [6.07, 6.45) is -2.37. The highest BCUT2D eigenvalue weighted by Crippen LogP contribution is 2.57. The molecule has 1 aliphatic heterocycles. The van der Waals surface area contributed by atoms with E-state index in [0.717, 1.165) is 0 Å². The molecule has 6 heteroatoms. The van der Waals surface area contributed by atoms with Gasteiger partial charge in [0.2, 0.25) is 12.3 Å². The topological polar surface area (TPSA) is 38.8 Å². The molecule has 1 aliphatic carbocycles. The zero-order chi connectivity index (χ0) is 15.1. The van der Waals surface area contributed by atoms with Crippen molar-refractivity contribution in [3.8, 4) is 0 Å². The Morgan fingerprint density at radius 3 is 2.60 bits per heavy atom. The number of carbonyl (C=O) groups excluding carboxylic acids is 1. The van der Waals surface area contributed by atoms with Crippen molar-refractivity contribution >= 4 is 5.91 Å². The fourth-order valence-electron chi connectivity index (χ4n) is 2.95. The SMILES string of the molecule is COCC1CN(C(=O)C2CC2(C)C(F)F)CC(C)(C)O1. The third-order valence-corrected chi connectivity index (χ3v) is 4.22. The van der Waals surface area contributed by atoms with E-state index < -0.39 is 23.4 Å². The molecule has 116 valence electrons. The molecule has 0 spiro atoms. The lowest BCUT2D eigenvalue weighted by Gasteiger charge is -2.43. The van der Waals surface area contributed by atoms with Crippen LogP contribution in [0.2, 0.25) is 0 Å². The van der Waals surface area contributed by atoms with Gasteiger partial charge in [-0.25, -0.2) is 8.78 Å². The molecule has 0 aromatic carbocycles. The molecular formula is C14H23F2NO3. The average molecular weight is 291 g/mol. The molecule has 1 saturated heterocycles. The van der Waals surface area contributed by atoms with Gasteiger partial charge in [-0.1, -0.05) is 6.92 Å². The second-order valence-corrected chi connectivity index (χ2v) is 6.74. The minimum atomic E-state index is -2.44. The van der Waals surface area contributed by atoms with Crippen LogP contribution in [0.15, 0.2) is 0 Å². The quantitative estimate of drug-likeness (QED) is 0.794. The molecule has 0 N–H and O–H groups in total. The standard InChI is InChI=1S/C14H23F2NO3/c1-13(2)8-17(6-9(20-13)7-19-4)11(18)10-5-14(10,3)12(15)16/h9-10,12H,5-8H2,1-4H3. The molecule has 3 atom stereocenters. The van der Waals surface area contributed by atoms with E-state index >= 15 is 0 Å². The summed E-state index contributed by atoms with van der Waals surface area (Å²) in [5, 5.41) is 0. The van der Waals surface area contributed by atoms with Crippen molar-refractivity contribution < 1.29 is 23.0 Å². The van der Waals surface area contributed by atoms with Crippen molar-refractivity contribution in [2.24, 2.45) is 11.3 Å². The number of carbonyl (C=O) groups is 1. The Balaban J connectivity index is 2.03. The third kappa shape index (κ3) is 2.96. The van der Waals surface area contributed by atoms with E-state index in [1.165, 1.54) is 6.92 Å². The first-order valence-corrected chi connectivity index (χ1v) is 6.93. The van der Waals surface area contributed by atoms with Crippen LogP contribution in [0.5, 0.6) is 0 Å². The maximum absolute atomic E-state index is 12.9. The van der Waals surface area contributed by atoms with Gasteiger partial charge in [-0.15, -0.1) is 0 Å². The largest absolute Gasteiger partial charge is 0.382 e. The highest BCUT2D eigenvalue weighted by molar-refractivity contribution is 5.83. The van der Waals surface area contributed by atoms with Crippen molar-refractivity contribution in [3.05, 3.63) is 0 Å². The zero-order valence-electron chi connectivity index (χ0n) is 12.5. The molecule has 2 aliphatic rings. The van der Waals surface area contributed by atoms with Crippen molar-refractivity contribution in [3.63, 3.8) is 0 Å². The van der Waals surface area contributed by atoms with E-state index in [1.807, 2.05) is 13.8 Å². The van der Waals surface area contributed by atoms with Crippen LogP contribution >= 0.6 is 0 Å². The minimum Gasteiger partial charge on any atom is -0.382 e. The second kappa shape index (κ2) is 5.22. The van der Waals surface area contributed by atoms with Gasteiger partial charge in [0, 0.05) is 31.5 Å². The predicted octanol–water partition coefficient (Wildman–Crippen LogP) is 1.93. The fraction of sp³-hybridized carbons (Fsp3) is 0.929. The average Bonchev–Trinajstić information content (AvgIpc) is 3.00. The first-order chi connectivity index (χ1) is 9.19. The number of morpholine rings is 1. The summed E-state index contributed by atoms with van der Waals surface area (Å²) in [5.74, 6) is -0.732. The van der Waals surface area contributed by atoms with Crippen LogP contribution in [0, 0.1) is 11.3 Å². The number of amides is 1. The summed E-state index contributed by atoms with van der Waals surface area (Å²) in [5.41, 5.74) is -1.62. The fourth-order valence-corrected chi connectivity index (χ4v) is 2.95. The van der Waals surface area contributed by atoms with Gasteiger partial charge in [0.1, 0.15) is 0 Å². The van der Waals surface area contributed by atoms with Gasteiger partial charge < -0.3 is 14.4 Å². The van der Waals surface area contributed by atoms with E-state index in [0.29, 0.717) is 19.7 Å². The Hall–Kier alpha value is -0.750. The Kier molecular flexibility index (Phi) is 4.08. The van der Waals surface area contributed by atoms with Crippen LogP contribution in [-0.2, 0) is 14.3 Å². The van der Waals surface area contributed by atoms with Crippen LogP contribution in [0.4, 0.5) is 8.78 Å². The number of ether oxygens (including phenoxy) is 2. The molecular weight excluding hydrogens is 268 g/mol. The van der Waals surface area contributed by atoms with E-state index in [-0.39, 0.29) is 18.4 Å². The highest BCUT2D eigenvalue weighted by Gasteiger charge is 2.62. The molecule has 0 aromatic rings. The first kappa shape index (κ1) is 15.6. The summed E-state index contributed by atoms with van der Waals surface area (Å²) in [6.45, 7) is 6.51. The van der Waals surface area contributed by atoms with Crippen LogP contribution in [0.1, 0.15) is 27.2 Å². The number of alkyl halides is 2. The van der Waals surface area contributed by atoms with Crippen molar-refractivity contribution in [2.75, 3.05) is 26.8 Å². The van der Waals surface area contributed by atoms with Gasteiger partial charge in [-0.3, -0.25) is 4.79 Å². The summed E-state index contributed by atoms with van der Waals surface area (Å²) < 4.78 is 36.7. The Morgan fingerprint density at radius 2 is 2.10 bits per heavy atom. The number of nitrogens with zero attached hydrogens (tertiary/aromatic N) is 1. The lowest BCUT2D eigenvalue weighted by molar-refractivity contribution is -0.170. The molecule has 1 amide bonds. The Labute approximate surface area is 118 Å². The highest BCUT2D eigenvalue weighted by atomic mass is 19.3. The first-order valence-electron chi connectivity index (χ1n) is 6.93. The smallest absolute Gasteiger partial charge is 0.244 e. The van der Waals surface area contributed by atoms with Gasteiger partial charge in [0.15, 0.2) is 0 Å². The van der Waals surface area contributed by atoms with Gasteiger partial charge in [0.25, 0.3) is 0 Å². The number of methoxy groups -OCH3 is 1. The Bertz CT molecular complexity index is 389. The second-order valence-electron chi connectivity index (χ2n) is 6.74. The summed E-state index contributed by atoms with van der Waals surface area (Å²) in [7, 11) is 1.58. The van der Waals surface area contributed by atoms with Crippen molar-refractivity contribution in [2.45, 2.75) is 45.3 Å². The molecule has 20 heavy (non-hydrogen) atoms. The molecule has 2 fully saturated rings. The molecule has 0 aromatic heterocycles. The van der Waals surface area contributed by atoms with Gasteiger partial charge in [-0.05, 0) is 20.3 Å². The monoisotopic (exact) mass is 291 g/mol. The molecule has 3 unspecified atom stereocenters. The van der Waals surface area contributed by atoms with Crippen LogP contribution in [0.3, 0.4) is 0 Å². The predicted molar refractivity (Wildman–Crippen MR) is 69.6 cm³/mol. The van der Waals surface area contributed by atoms with Gasteiger partial charge in [-0.2, -0.15) is 0 Å².